The number of likely N-dealkylation sites (tertiary alicyclic amines) is 1. The van der Waals surface area contributed by atoms with Crippen molar-refractivity contribution in [3.63, 3.8) is 0 Å². The molecule has 1 aliphatic carbocycles. The van der Waals surface area contributed by atoms with Crippen molar-refractivity contribution >= 4 is 23.2 Å². The molecule has 0 bridgehead atoms. The van der Waals surface area contributed by atoms with Crippen molar-refractivity contribution in [1.82, 2.24) is 4.90 Å². The maximum atomic E-state index is 6.19. The van der Waals surface area contributed by atoms with Crippen molar-refractivity contribution in [2.45, 2.75) is 32.1 Å². The maximum Gasteiger partial charge on any atom is 0.0595 e. The first kappa shape index (κ1) is 13.7. The normalized spacial score (nSPS) is 33.5. The van der Waals surface area contributed by atoms with Crippen molar-refractivity contribution in [1.29, 1.82) is 0 Å². The standard InChI is InChI=1S/C16H21Cl2N/c1-3-4-7-19-9-13-11(2)16(13,10-19)12-5-6-14(17)15(18)8-12/h5-6,8,11,13H,3-4,7,9-10H2,1-2H3/t11-,13?,16?/m1/s1. The van der Waals surface area contributed by atoms with E-state index in [1.165, 1.54) is 38.0 Å². The number of hydrogen-bond acceptors (Lipinski definition) is 1. The van der Waals surface area contributed by atoms with E-state index in [0.717, 1.165) is 11.8 Å². The van der Waals surface area contributed by atoms with Crippen LogP contribution < -0.4 is 0 Å². The van der Waals surface area contributed by atoms with Gasteiger partial charge in [-0.25, -0.2) is 0 Å². The number of halogens is 2. The van der Waals surface area contributed by atoms with Gasteiger partial charge in [-0.05, 0) is 42.5 Å². The molecule has 104 valence electrons. The van der Waals surface area contributed by atoms with Crippen LogP contribution >= 0.6 is 23.2 Å². The lowest BCUT2D eigenvalue weighted by atomic mass is 9.93. The van der Waals surface area contributed by atoms with E-state index in [9.17, 15) is 0 Å². The molecule has 2 aliphatic rings. The molecule has 19 heavy (non-hydrogen) atoms. The topological polar surface area (TPSA) is 3.24 Å². The summed E-state index contributed by atoms with van der Waals surface area (Å²) in [7, 11) is 0. The number of benzene rings is 1. The summed E-state index contributed by atoms with van der Waals surface area (Å²) in [6, 6.07) is 6.21. The van der Waals surface area contributed by atoms with Gasteiger partial charge in [0.2, 0.25) is 0 Å². The number of piperidine rings is 1. The summed E-state index contributed by atoms with van der Waals surface area (Å²) < 4.78 is 0. The van der Waals surface area contributed by atoms with Crippen molar-refractivity contribution in [3.05, 3.63) is 33.8 Å². The molecule has 0 N–H and O–H groups in total. The van der Waals surface area contributed by atoms with E-state index < -0.39 is 0 Å². The smallest absolute Gasteiger partial charge is 0.0595 e. The predicted octanol–water partition coefficient (Wildman–Crippen LogP) is 4.61. The third kappa shape index (κ3) is 2.11. The summed E-state index contributed by atoms with van der Waals surface area (Å²) >= 11 is 12.2. The number of unbranched alkanes of at least 4 members (excludes halogenated alkanes) is 1. The fourth-order valence-corrected chi connectivity index (χ4v) is 4.23. The Labute approximate surface area is 125 Å². The van der Waals surface area contributed by atoms with E-state index in [1.807, 2.05) is 6.07 Å². The summed E-state index contributed by atoms with van der Waals surface area (Å²) in [4.78, 5) is 2.62. The van der Waals surface area contributed by atoms with Crippen molar-refractivity contribution in [2.75, 3.05) is 19.6 Å². The third-order valence-corrected chi connectivity index (χ3v) is 5.93. The molecule has 1 nitrogen and oxygen atoms in total. The largest absolute Gasteiger partial charge is 0.302 e. The van der Waals surface area contributed by atoms with Crippen molar-refractivity contribution in [2.24, 2.45) is 11.8 Å². The average molecular weight is 298 g/mol. The van der Waals surface area contributed by atoms with E-state index in [0.29, 0.717) is 15.5 Å². The fraction of sp³-hybridized carbons (Fsp3) is 0.625. The average Bonchev–Trinajstić information content (AvgIpc) is 2.80. The minimum atomic E-state index is 0.349. The molecular weight excluding hydrogens is 277 g/mol. The Morgan fingerprint density at radius 1 is 1.32 bits per heavy atom. The monoisotopic (exact) mass is 297 g/mol. The Kier molecular flexibility index (Phi) is 3.57. The number of fused-ring (bicyclic) bond motifs is 1. The van der Waals surface area contributed by atoms with Gasteiger partial charge in [0, 0.05) is 18.5 Å². The molecule has 2 unspecified atom stereocenters. The SMILES string of the molecule is CCCCN1CC2[C@@H](C)C2(c2ccc(Cl)c(Cl)c2)C1. The van der Waals surface area contributed by atoms with Crippen molar-refractivity contribution < 1.29 is 0 Å². The highest BCUT2D eigenvalue weighted by molar-refractivity contribution is 6.42. The number of nitrogens with zero attached hydrogens (tertiary/aromatic N) is 1. The Bertz CT molecular complexity index is 488. The number of rotatable bonds is 4. The molecule has 1 aliphatic heterocycles. The van der Waals surface area contributed by atoms with Crippen LogP contribution in [-0.4, -0.2) is 24.5 Å². The first-order valence-corrected chi connectivity index (χ1v) is 8.03. The Morgan fingerprint density at radius 3 is 2.79 bits per heavy atom. The Hall–Kier alpha value is -0.240. The van der Waals surface area contributed by atoms with Gasteiger partial charge in [0.05, 0.1) is 10.0 Å². The highest BCUT2D eigenvalue weighted by atomic mass is 35.5. The molecule has 3 atom stereocenters. The zero-order valence-electron chi connectivity index (χ0n) is 11.6. The molecule has 3 rings (SSSR count). The van der Waals surface area contributed by atoms with Crippen LogP contribution in [0.3, 0.4) is 0 Å². The highest BCUT2D eigenvalue weighted by Gasteiger charge is 2.66. The second kappa shape index (κ2) is 4.95. The first-order chi connectivity index (χ1) is 9.09. The van der Waals surface area contributed by atoms with Gasteiger partial charge in [-0.3, -0.25) is 0 Å². The maximum absolute atomic E-state index is 6.19. The van der Waals surface area contributed by atoms with Crippen LogP contribution in [0.15, 0.2) is 18.2 Å². The van der Waals surface area contributed by atoms with E-state index in [1.54, 1.807) is 0 Å². The van der Waals surface area contributed by atoms with Crippen LogP contribution in [0.5, 0.6) is 0 Å². The van der Waals surface area contributed by atoms with E-state index in [2.05, 4.69) is 30.9 Å². The number of hydrogen-bond donors (Lipinski definition) is 0. The van der Waals surface area contributed by atoms with Crippen LogP contribution in [0.4, 0.5) is 0 Å². The quantitative estimate of drug-likeness (QED) is 0.784. The predicted molar refractivity (Wildman–Crippen MR) is 82.1 cm³/mol. The van der Waals surface area contributed by atoms with Gasteiger partial charge >= 0.3 is 0 Å². The summed E-state index contributed by atoms with van der Waals surface area (Å²) in [5.41, 5.74) is 1.74. The fourth-order valence-electron chi connectivity index (χ4n) is 3.93. The molecule has 0 amide bonds. The van der Waals surface area contributed by atoms with Gasteiger partial charge in [0.25, 0.3) is 0 Å². The van der Waals surface area contributed by atoms with Crippen LogP contribution in [0, 0.1) is 11.8 Å². The van der Waals surface area contributed by atoms with Gasteiger partial charge in [-0.15, -0.1) is 0 Å². The molecule has 1 saturated heterocycles. The lowest BCUT2D eigenvalue weighted by molar-refractivity contribution is 0.276. The third-order valence-electron chi connectivity index (χ3n) is 5.19. The van der Waals surface area contributed by atoms with Gasteiger partial charge in [0.15, 0.2) is 0 Å². The van der Waals surface area contributed by atoms with Crippen LogP contribution in [0.1, 0.15) is 32.3 Å². The highest BCUT2D eigenvalue weighted by Crippen LogP contribution is 2.64. The first-order valence-electron chi connectivity index (χ1n) is 7.27. The van der Waals surface area contributed by atoms with Gasteiger partial charge in [-0.1, -0.05) is 49.5 Å². The Balaban J connectivity index is 1.81. The van der Waals surface area contributed by atoms with E-state index in [4.69, 9.17) is 23.2 Å². The zero-order valence-corrected chi connectivity index (χ0v) is 13.1. The van der Waals surface area contributed by atoms with E-state index in [-0.39, 0.29) is 0 Å². The summed E-state index contributed by atoms with van der Waals surface area (Å²) in [6.45, 7) is 8.32. The van der Waals surface area contributed by atoms with Crippen LogP contribution in [0.25, 0.3) is 0 Å². The molecular formula is C16H21Cl2N. The molecule has 3 heteroatoms. The van der Waals surface area contributed by atoms with Crippen LogP contribution in [0.2, 0.25) is 10.0 Å². The van der Waals surface area contributed by atoms with Crippen LogP contribution in [-0.2, 0) is 5.41 Å². The molecule has 1 heterocycles. The van der Waals surface area contributed by atoms with Gasteiger partial charge in [0.1, 0.15) is 0 Å². The minimum absolute atomic E-state index is 0.349. The Morgan fingerprint density at radius 2 is 2.11 bits per heavy atom. The lowest BCUT2D eigenvalue weighted by Crippen LogP contribution is -2.29. The summed E-state index contributed by atoms with van der Waals surface area (Å²) in [5, 5.41) is 1.35. The minimum Gasteiger partial charge on any atom is -0.302 e. The molecule has 1 saturated carbocycles. The lowest BCUT2D eigenvalue weighted by Gasteiger charge is -2.23. The van der Waals surface area contributed by atoms with Crippen molar-refractivity contribution in [3.8, 4) is 0 Å². The second-order valence-electron chi connectivity index (χ2n) is 6.15. The molecule has 1 aromatic rings. The molecule has 0 radical (unpaired) electrons. The zero-order chi connectivity index (χ0) is 13.6. The van der Waals surface area contributed by atoms with E-state index >= 15 is 0 Å². The summed E-state index contributed by atoms with van der Waals surface area (Å²) in [6.07, 6.45) is 2.58. The molecule has 0 aromatic heterocycles. The molecule has 2 fully saturated rings. The van der Waals surface area contributed by atoms with Gasteiger partial charge < -0.3 is 4.90 Å². The molecule has 0 spiro atoms. The summed E-state index contributed by atoms with van der Waals surface area (Å²) in [5.74, 6) is 1.59. The second-order valence-corrected chi connectivity index (χ2v) is 6.97. The molecule has 1 aromatic carbocycles. The van der Waals surface area contributed by atoms with Gasteiger partial charge in [-0.2, -0.15) is 0 Å².